The first-order valence-corrected chi connectivity index (χ1v) is 9.24. The van der Waals surface area contributed by atoms with Crippen molar-refractivity contribution in [3.8, 4) is 11.5 Å². The van der Waals surface area contributed by atoms with Crippen molar-refractivity contribution in [2.75, 3.05) is 17.2 Å². The fraction of sp³-hybridized carbons (Fsp3) is 0.227. The number of carbonyl (C=O) groups excluding carboxylic acids is 1. The molecule has 144 valence electrons. The highest BCUT2D eigenvalue weighted by atomic mass is 16.5. The van der Waals surface area contributed by atoms with Gasteiger partial charge in [0.1, 0.15) is 23.1 Å². The summed E-state index contributed by atoms with van der Waals surface area (Å²) < 4.78 is 5.90. The average Bonchev–Trinajstić information content (AvgIpc) is 2.68. The molecule has 0 spiro atoms. The summed E-state index contributed by atoms with van der Waals surface area (Å²) in [6.45, 7) is 6.76. The van der Waals surface area contributed by atoms with E-state index in [1.807, 2.05) is 48.5 Å². The molecule has 0 bridgehead atoms. The molecular weight excluding hydrogens is 352 g/mol. The van der Waals surface area contributed by atoms with Crippen molar-refractivity contribution in [1.82, 2.24) is 9.97 Å². The zero-order valence-electron chi connectivity index (χ0n) is 16.3. The van der Waals surface area contributed by atoms with Gasteiger partial charge in [0, 0.05) is 12.6 Å². The molecule has 3 aromatic rings. The molecule has 0 aliphatic heterocycles. The van der Waals surface area contributed by atoms with Crippen molar-refractivity contribution < 1.29 is 9.53 Å². The minimum absolute atomic E-state index is 0.299. The molecule has 0 aliphatic rings. The van der Waals surface area contributed by atoms with E-state index in [4.69, 9.17) is 4.74 Å². The number of carbonyl (C=O) groups is 1. The fourth-order valence-corrected chi connectivity index (χ4v) is 2.54. The number of hydrogen-bond donors (Lipinski definition) is 2. The topological polar surface area (TPSA) is 76.1 Å². The van der Waals surface area contributed by atoms with Crippen LogP contribution in [0.15, 0.2) is 60.7 Å². The monoisotopic (exact) mass is 376 g/mol. The molecule has 2 aromatic carbocycles. The number of anilines is 2. The van der Waals surface area contributed by atoms with Crippen LogP contribution in [0.3, 0.4) is 0 Å². The first-order valence-electron chi connectivity index (χ1n) is 9.24. The SMILES string of the molecule is Cc1nc(NCC(C)C)cc(C(=O)Nc2ccccc2Oc2ccccc2)n1. The van der Waals surface area contributed by atoms with Gasteiger partial charge in [0.05, 0.1) is 5.69 Å². The Morgan fingerprint density at radius 2 is 1.75 bits per heavy atom. The lowest BCUT2D eigenvalue weighted by atomic mass is 10.2. The van der Waals surface area contributed by atoms with Crippen molar-refractivity contribution in [3.05, 3.63) is 72.2 Å². The lowest BCUT2D eigenvalue weighted by Crippen LogP contribution is -2.17. The highest BCUT2D eigenvalue weighted by molar-refractivity contribution is 6.04. The Balaban J connectivity index is 1.78. The lowest BCUT2D eigenvalue weighted by Gasteiger charge is -2.13. The second-order valence-corrected chi connectivity index (χ2v) is 6.83. The summed E-state index contributed by atoms with van der Waals surface area (Å²) in [7, 11) is 0. The van der Waals surface area contributed by atoms with Crippen LogP contribution in [0.2, 0.25) is 0 Å². The van der Waals surface area contributed by atoms with Gasteiger partial charge >= 0.3 is 0 Å². The number of rotatable bonds is 7. The van der Waals surface area contributed by atoms with Gasteiger partial charge in [-0.2, -0.15) is 0 Å². The van der Waals surface area contributed by atoms with E-state index in [1.165, 1.54) is 0 Å². The molecule has 0 radical (unpaired) electrons. The Morgan fingerprint density at radius 3 is 2.50 bits per heavy atom. The van der Waals surface area contributed by atoms with E-state index < -0.39 is 0 Å². The predicted octanol–water partition coefficient (Wildman–Crippen LogP) is 4.90. The van der Waals surface area contributed by atoms with Crippen molar-refractivity contribution in [1.29, 1.82) is 0 Å². The van der Waals surface area contributed by atoms with Gasteiger partial charge in [0.25, 0.3) is 5.91 Å². The molecule has 0 saturated heterocycles. The third-order valence-corrected chi connectivity index (χ3v) is 3.87. The van der Waals surface area contributed by atoms with E-state index >= 15 is 0 Å². The summed E-state index contributed by atoms with van der Waals surface area (Å²) in [5, 5.41) is 6.12. The largest absolute Gasteiger partial charge is 0.455 e. The van der Waals surface area contributed by atoms with E-state index in [1.54, 1.807) is 19.1 Å². The third kappa shape index (κ3) is 5.30. The van der Waals surface area contributed by atoms with Crippen LogP contribution in [0.25, 0.3) is 0 Å². The van der Waals surface area contributed by atoms with Crippen molar-refractivity contribution in [2.45, 2.75) is 20.8 Å². The molecule has 6 heteroatoms. The Kier molecular flexibility index (Phi) is 6.22. The number of aryl methyl sites for hydroxylation is 1. The van der Waals surface area contributed by atoms with E-state index in [9.17, 15) is 4.79 Å². The second kappa shape index (κ2) is 8.99. The van der Waals surface area contributed by atoms with E-state index in [2.05, 4.69) is 34.4 Å². The summed E-state index contributed by atoms with van der Waals surface area (Å²) >= 11 is 0. The molecule has 2 N–H and O–H groups in total. The van der Waals surface area contributed by atoms with Crippen LogP contribution in [0.4, 0.5) is 11.5 Å². The van der Waals surface area contributed by atoms with Gasteiger partial charge in [0.15, 0.2) is 5.75 Å². The highest BCUT2D eigenvalue weighted by Crippen LogP contribution is 2.29. The number of amides is 1. The molecule has 1 aromatic heterocycles. The van der Waals surface area contributed by atoms with Crippen LogP contribution in [-0.2, 0) is 0 Å². The second-order valence-electron chi connectivity index (χ2n) is 6.83. The van der Waals surface area contributed by atoms with Crippen LogP contribution in [0.1, 0.15) is 30.2 Å². The van der Waals surface area contributed by atoms with E-state index in [-0.39, 0.29) is 5.91 Å². The van der Waals surface area contributed by atoms with Gasteiger partial charge in [0.2, 0.25) is 0 Å². The van der Waals surface area contributed by atoms with Crippen molar-refractivity contribution in [3.63, 3.8) is 0 Å². The minimum Gasteiger partial charge on any atom is -0.455 e. The minimum atomic E-state index is -0.317. The van der Waals surface area contributed by atoms with Crippen LogP contribution in [0, 0.1) is 12.8 Å². The van der Waals surface area contributed by atoms with E-state index in [0.717, 1.165) is 6.54 Å². The van der Waals surface area contributed by atoms with Gasteiger partial charge in [-0.25, -0.2) is 9.97 Å². The van der Waals surface area contributed by atoms with Crippen LogP contribution in [0.5, 0.6) is 11.5 Å². The highest BCUT2D eigenvalue weighted by Gasteiger charge is 2.14. The summed E-state index contributed by atoms with van der Waals surface area (Å²) in [6, 6.07) is 18.4. The van der Waals surface area contributed by atoms with Gasteiger partial charge in [-0.3, -0.25) is 4.79 Å². The molecule has 1 heterocycles. The maximum atomic E-state index is 12.8. The molecule has 28 heavy (non-hydrogen) atoms. The van der Waals surface area contributed by atoms with Crippen LogP contribution in [-0.4, -0.2) is 22.4 Å². The Morgan fingerprint density at radius 1 is 1.04 bits per heavy atom. The first kappa shape index (κ1) is 19.4. The molecule has 0 atom stereocenters. The van der Waals surface area contributed by atoms with Gasteiger partial charge in [-0.05, 0) is 37.1 Å². The number of hydrogen-bond acceptors (Lipinski definition) is 5. The Hall–Kier alpha value is -3.41. The summed E-state index contributed by atoms with van der Waals surface area (Å²) in [4.78, 5) is 21.4. The number of benzene rings is 2. The maximum absolute atomic E-state index is 12.8. The zero-order valence-corrected chi connectivity index (χ0v) is 16.3. The molecular formula is C22H24N4O2. The quantitative estimate of drug-likeness (QED) is 0.613. The van der Waals surface area contributed by atoms with Crippen molar-refractivity contribution >= 4 is 17.4 Å². The standard InChI is InChI=1S/C22H24N4O2/c1-15(2)14-23-21-13-19(24-16(3)25-21)22(27)26-18-11-7-8-12-20(18)28-17-9-5-4-6-10-17/h4-13,15H,14H2,1-3H3,(H,26,27)(H,23,24,25). The predicted molar refractivity (Wildman–Crippen MR) is 111 cm³/mol. The van der Waals surface area contributed by atoms with Gasteiger partial charge in [-0.15, -0.1) is 0 Å². The first-order chi connectivity index (χ1) is 13.5. The molecule has 1 amide bonds. The molecule has 0 saturated carbocycles. The molecule has 0 aliphatic carbocycles. The molecule has 6 nitrogen and oxygen atoms in total. The molecule has 0 fully saturated rings. The normalized spacial score (nSPS) is 10.6. The Labute approximate surface area is 165 Å². The number of aromatic nitrogens is 2. The third-order valence-electron chi connectivity index (χ3n) is 3.87. The smallest absolute Gasteiger partial charge is 0.274 e. The van der Waals surface area contributed by atoms with Crippen LogP contribution >= 0.6 is 0 Å². The maximum Gasteiger partial charge on any atom is 0.274 e. The number of para-hydroxylation sites is 3. The number of nitrogens with one attached hydrogen (secondary N) is 2. The van der Waals surface area contributed by atoms with E-state index in [0.29, 0.717) is 40.4 Å². The summed E-state index contributed by atoms with van der Waals surface area (Å²) in [6.07, 6.45) is 0. The molecule has 0 unspecified atom stereocenters. The lowest BCUT2D eigenvalue weighted by molar-refractivity contribution is 0.102. The van der Waals surface area contributed by atoms with Gasteiger partial charge in [-0.1, -0.05) is 44.2 Å². The number of nitrogens with zero attached hydrogens (tertiary/aromatic N) is 2. The fourth-order valence-electron chi connectivity index (χ4n) is 2.54. The van der Waals surface area contributed by atoms with Crippen molar-refractivity contribution in [2.24, 2.45) is 5.92 Å². The Bertz CT molecular complexity index is 942. The zero-order chi connectivity index (χ0) is 19.9. The summed E-state index contributed by atoms with van der Waals surface area (Å²) in [5.41, 5.74) is 0.873. The number of ether oxygens (including phenoxy) is 1. The molecule has 3 rings (SSSR count). The van der Waals surface area contributed by atoms with Gasteiger partial charge < -0.3 is 15.4 Å². The van der Waals surface area contributed by atoms with Crippen LogP contribution < -0.4 is 15.4 Å². The summed E-state index contributed by atoms with van der Waals surface area (Å²) in [5.74, 6) is 2.58. The average molecular weight is 376 g/mol.